The molecule has 0 aliphatic rings. The summed E-state index contributed by atoms with van der Waals surface area (Å²) in [5, 5.41) is 3.34. The van der Waals surface area contributed by atoms with Crippen LogP contribution in [0, 0.1) is 0 Å². The number of furan rings is 1. The molecule has 0 bridgehead atoms. The number of rotatable bonds is 8. The van der Waals surface area contributed by atoms with E-state index in [1.807, 2.05) is 38.2 Å². The van der Waals surface area contributed by atoms with Crippen LogP contribution in [0.4, 0.5) is 0 Å². The molecule has 1 N–H and O–H groups in total. The number of hydrogen-bond donors (Lipinski definition) is 1. The van der Waals surface area contributed by atoms with Gasteiger partial charge < -0.3 is 19.4 Å². The molecule has 5 heteroatoms. The maximum absolute atomic E-state index is 5.48. The normalized spacial score (nSPS) is 11.4. The van der Waals surface area contributed by atoms with Gasteiger partial charge in [-0.15, -0.1) is 0 Å². The van der Waals surface area contributed by atoms with Gasteiger partial charge in [0.2, 0.25) is 0 Å². The summed E-state index contributed by atoms with van der Waals surface area (Å²) in [4.78, 5) is 6.80. The molecule has 0 aliphatic carbocycles. The number of nitrogens with one attached hydrogen (secondary N) is 1. The summed E-state index contributed by atoms with van der Waals surface area (Å²) < 4.78 is 10.8. The van der Waals surface area contributed by atoms with E-state index in [1.165, 1.54) is 5.56 Å². The van der Waals surface area contributed by atoms with E-state index in [0.29, 0.717) is 13.2 Å². The average Bonchev–Trinajstić information content (AvgIpc) is 3.09. The molecular formula is C19H27N3O2. The van der Waals surface area contributed by atoms with Crippen LogP contribution in [0.2, 0.25) is 0 Å². The van der Waals surface area contributed by atoms with Gasteiger partial charge in [0.05, 0.1) is 12.9 Å². The zero-order valence-electron chi connectivity index (χ0n) is 14.8. The first-order chi connectivity index (χ1) is 11.7. The molecule has 0 radical (unpaired) electrons. The molecule has 0 aliphatic heterocycles. The van der Waals surface area contributed by atoms with Crippen molar-refractivity contribution < 1.29 is 9.15 Å². The van der Waals surface area contributed by atoms with Gasteiger partial charge in [0.1, 0.15) is 11.5 Å². The lowest BCUT2D eigenvalue weighted by molar-refractivity contribution is 0.340. The summed E-state index contributed by atoms with van der Waals surface area (Å²) in [7, 11) is 2.05. The number of guanidine groups is 1. The fraction of sp³-hybridized carbons (Fsp3) is 0.421. The minimum absolute atomic E-state index is 0.687. The lowest BCUT2D eigenvalue weighted by atomic mass is 10.2. The largest absolute Gasteiger partial charge is 0.494 e. The summed E-state index contributed by atoms with van der Waals surface area (Å²) in [6, 6.07) is 12.1. The van der Waals surface area contributed by atoms with Crippen molar-refractivity contribution in [3.8, 4) is 5.75 Å². The van der Waals surface area contributed by atoms with E-state index in [4.69, 9.17) is 9.15 Å². The zero-order chi connectivity index (χ0) is 17.2. The van der Waals surface area contributed by atoms with E-state index in [0.717, 1.165) is 37.0 Å². The van der Waals surface area contributed by atoms with Crippen molar-refractivity contribution in [1.82, 2.24) is 10.2 Å². The fourth-order valence-corrected chi connectivity index (χ4v) is 2.40. The number of hydrogen-bond acceptors (Lipinski definition) is 3. The molecule has 130 valence electrons. The van der Waals surface area contributed by atoms with E-state index >= 15 is 0 Å². The minimum atomic E-state index is 0.687. The summed E-state index contributed by atoms with van der Waals surface area (Å²) in [6.45, 7) is 7.08. The Labute approximate surface area is 144 Å². The van der Waals surface area contributed by atoms with Gasteiger partial charge in [-0.05, 0) is 43.7 Å². The lowest BCUT2D eigenvalue weighted by Gasteiger charge is -2.22. The maximum atomic E-state index is 5.48. The van der Waals surface area contributed by atoms with Crippen LogP contribution >= 0.6 is 0 Å². The molecule has 0 saturated carbocycles. The third-order valence-corrected chi connectivity index (χ3v) is 3.55. The second-order valence-electron chi connectivity index (χ2n) is 5.50. The molecule has 0 fully saturated rings. The Bertz CT molecular complexity index is 606. The summed E-state index contributed by atoms with van der Waals surface area (Å²) in [5.41, 5.74) is 1.22. The van der Waals surface area contributed by atoms with Gasteiger partial charge in [0.25, 0.3) is 0 Å². The topological polar surface area (TPSA) is 50.0 Å². The predicted octanol–water partition coefficient (Wildman–Crippen LogP) is 3.32. The van der Waals surface area contributed by atoms with Crippen LogP contribution in [0.25, 0.3) is 0 Å². The van der Waals surface area contributed by atoms with Gasteiger partial charge in [-0.3, -0.25) is 4.99 Å². The Morgan fingerprint density at radius 3 is 2.62 bits per heavy atom. The van der Waals surface area contributed by atoms with Gasteiger partial charge in [-0.2, -0.15) is 0 Å². The van der Waals surface area contributed by atoms with Gasteiger partial charge >= 0.3 is 0 Å². The van der Waals surface area contributed by atoms with E-state index in [1.54, 1.807) is 6.26 Å². The number of benzene rings is 1. The molecule has 0 saturated heterocycles. The van der Waals surface area contributed by atoms with Crippen LogP contribution in [0.1, 0.15) is 25.2 Å². The molecule has 2 aromatic rings. The van der Waals surface area contributed by atoms with E-state index < -0.39 is 0 Å². The van der Waals surface area contributed by atoms with Crippen LogP contribution in [-0.4, -0.2) is 37.6 Å². The molecule has 1 aromatic carbocycles. The van der Waals surface area contributed by atoms with Crippen molar-refractivity contribution in [1.29, 1.82) is 0 Å². The smallest absolute Gasteiger partial charge is 0.193 e. The molecule has 0 spiro atoms. The summed E-state index contributed by atoms with van der Waals surface area (Å²) >= 11 is 0. The zero-order valence-corrected chi connectivity index (χ0v) is 14.8. The third kappa shape index (κ3) is 5.65. The van der Waals surface area contributed by atoms with Gasteiger partial charge in [0.15, 0.2) is 5.96 Å². The van der Waals surface area contributed by atoms with Crippen LogP contribution in [0.3, 0.4) is 0 Å². The Balaban J connectivity index is 1.93. The number of aliphatic imine (C=N–C) groups is 1. The molecule has 24 heavy (non-hydrogen) atoms. The highest BCUT2D eigenvalue weighted by molar-refractivity contribution is 5.79. The molecule has 5 nitrogen and oxygen atoms in total. The molecule has 1 heterocycles. The van der Waals surface area contributed by atoms with Crippen LogP contribution < -0.4 is 10.1 Å². The van der Waals surface area contributed by atoms with E-state index in [2.05, 4.69) is 34.3 Å². The SMILES string of the molecule is CCNC(=NCCc1ccco1)N(C)Cc1ccc(OCC)cc1. The first kappa shape index (κ1) is 17.9. The lowest BCUT2D eigenvalue weighted by Crippen LogP contribution is -2.38. The van der Waals surface area contributed by atoms with E-state index in [-0.39, 0.29) is 0 Å². The highest BCUT2D eigenvalue weighted by Gasteiger charge is 2.07. The third-order valence-electron chi connectivity index (χ3n) is 3.55. The average molecular weight is 329 g/mol. The van der Waals surface area contributed by atoms with Crippen molar-refractivity contribution in [2.75, 3.05) is 26.7 Å². The molecule has 0 unspecified atom stereocenters. The van der Waals surface area contributed by atoms with E-state index in [9.17, 15) is 0 Å². The van der Waals surface area contributed by atoms with Crippen LogP contribution in [0.15, 0.2) is 52.1 Å². The van der Waals surface area contributed by atoms with Crippen LogP contribution in [0.5, 0.6) is 5.75 Å². The van der Waals surface area contributed by atoms with Crippen molar-refractivity contribution in [3.63, 3.8) is 0 Å². The fourth-order valence-electron chi connectivity index (χ4n) is 2.40. The Morgan fingerprint density at radius 2 is 2.00 bits per heavy atom. The van der Waals surface area contributed by atoms with Crippen molar-refractivity contribution in [2.24, 2.45) is 4.99 Å². The quantitative estimate of drug-likeness (QED) is 0.596. The Morgan fingerprint density at radius 1 is 1.21 bits per heavy atom. The molecule has 2 rings (SSSR count). The summed E-state index contributed by atoms with van der Waals surface area (Å²) in [6.07, 6.45) is 2.50. The highest BCUT2D eigenvalue weighted by Crippen LogP contribution is 2.13. The standard InChI is InChI=1S/C19H27N3O2/c1-4-20-19(21-13-12-17-7-6-14-24-17)22(3)15-16-8-10-18(11-9-16)23-5-2/h6-11,14H,4-5,12-13,15H2,1-3H3,(H,20,21). The second-order valence-corrected chi connectivity index (χ2v) is 5.50. The highest BCUT2D eigenvalue weighted by atomic mass is 16.5. The van der Waals surface area contributed by atoms with Crippen molar-refractivity contribution >= 4 is 5.96 Å². The monoisotopic (exact) mass is 329 g/mol. The molecule has 0 atom stereocenters. The molecule has 1 aromatic heterocycles. The van der Waals surface area contributed by atoms with Crippen molar-refractivity contribution in [3.05, 3.63) is 54.0 Å². The van der Waals surface area contributed by atoms with Crippen LogP contribution in [-0.2, 0) is 13.0 Å². The molecular weight excluding hydrogens is 302 g/mol. The number of nitrogens with zero attached hydrogens (tertiary/aromatic N) is 2. The Hall–Kier alpha value is -2.43. The summed E-state index contributed by atoms with van der Waals surface area (Å²) in [5.74, 6) is 2.77. The minimum Gasteiger partial charge on any atom is -0.494 e. The maximum Gasteiger partial charge on any atom is 0.193 e. The van der Waals surface area contributed by atoms with Gasteiger partial charge in [0, 0.05) is 33.1 Å². The molecule has 0 amide bonds. The van der Waals surface area contributed by atoms with Gasteiger partial charge in [-0.25, -0.2) is 0 Å². The Kier molecular flexibility index (Phi) is 7.21. The first-order valence-corrected chi connectivity index (χ1v) is 8.46. The first-order valence-electron chi connectivity index (χ1n) is 8.46. The van der Waals surface area contributed by atoms with Gasteiger partial charge in [-0.1, -0.05) is 12.1 Å². The van der Waals surface area contributed by atoms with Crippen molar-refractivity contribution in [2.45, 2.75) is 26.8 Å². The predicted molar refractivity (Wildman–Crippen MR) is 97.5 cm³/mol. The second kappa shape index (κ2) is 9.65. The number of ether oxygens (including phenoxy) is 1.